The predicted molar refractivity (Wildman–Crippen MR) is 60.5 cm³/mol. The van der Waals surface area contributed by atoms with Crippen LogP contribution in [0.5, 0.6) is 0 Å². The van der Waals surface area contributed by atoms with Gasteiger partial charge in [0.2, 0.25) is 0 Å². The molecule has 0 aliphatic rings. The summed E-state index contributed by atoms with van der Waals surface area (Å²) in [4.78, 5) is 2.09. The molecule has 0 atom stereocenters. The summed E-state index contributed by atoms with van der Waals surface area (Å²) in [5.74, 6) is 0. The molecule has 0 fully saturated rings. The van der Waals surface area contributed by atoms with Crippen LogP contribution in [-0.2, 0) is 0 Å². The highest BCUT2D eigenvalue weighted by atomic mass is 15.1. The molecule has 0 amide bonds. The minimum Gasteiger partial charge on any atom is -0.374 e. The Morgan fingerprint density at radius 3 is 2.46 bits per heavy atom. The Morgan fingerprint density at radius 1 is 1.46 bits per heavy atom. The standard InChI is InChI=1S/C12H19N/c1-6-8-9-12(7-2)10-13(5)11(3)4/h6-9H,2-3,10H2,1,4-5H3/b8-6-,12-9+. The van der Waals surface area contributed by atoms with Crippen LogP contribution >= 0.6 is 0 Å². The third-order valence-corrected chi connectivity index (χ3v) is 1.84. The Morgan fingerprint density at radius 2 is 2.08 bits per heavy atom. The Hall–Kier alpha value is -1.24. The van der Waals surface area contributed by atoms with Crippen molar-refractivity contribution in [3.05, 3.63) is 48.7 Å². The molecule has 0 bridgehead atoms. The fourth-order valence-corrected chi connectivity index (χ4v) is 0.814. The Labute approximate surface area is 81.8 Å². The highest BCUT2D eigenvalue weighted by Gasteiger charge is 1.97. The van der Waals surface area contributed by atoms with E-state index in [2.05, 4.69) is 24.1 Å². The lowest BCUT2D eigenvalue weighted by Gasteiger charge is -2.18. The highest BCUT2D eigenvalue weighted by Crippen LogP contribution is 2.03. The molecule has 72 valence electrons. The molecular formula is C12H19N. The summed E-state index contributed by atoms with van der Waals surface area (Å²) in [6, 6.07) is 0. The predicted octanol–water partition coefficient (Wildman–Crippen LogP) is 3.14. The number of rotatable bonds is 5. The summed E-state index contributed by atoms with van der Waals surface area (Å²) in [6.07, 6.45) is 7.96. The molecule has 0 saturated heterocycles. The van der Waals surface area contributed by atoms with Crippen molar-refractivity contribution in [1.29, 1.82) is 0 Å². The molecule has 0 heterocycles. The van der Waals surface area contributed by atoms with Gasteiger partial charge in [-0.1, -0.05) is 37.5 Å². The second kappa shape index (κ2) is 6.30. The van der Waals surface area contributed by atoms with Gasteiger partial charge in [-0.3, -0.25) is 0 Å². The highest BCUT2D eigenvalue weighted by molar-refractivity contribution is 5.24. The van der Waals surface area contributed by atoms with Crippen LogP contribution in [0, 0.1) is 0 Å². The molecule has 0 aliphatic heterocycles. The zero-order valence-corrected chi connectivity index (χ0v) is 8.88. The van der Waals surface area contributed by atoms with Crippen molar-refractivity contribution in [2.45, 2.75) is 13.8 Å². The summed E-state index contributed by atoms with van der Waals surface area (Å²) >= 11 is 0. The van der Waals surface area contributed by atoms with Gasteiger partial charge in [0.1, 0.15) is 0 Å². The number of allylic oxidation sites excluding steroid dienone is 4. The van der Waals surface area contributed by atoms with Crippen molar-refractivity contribution >= 4 is 0 Å². The van der Waals surface area contributed by atoms with Crippen LogP contribution < -0.4 is 0 Å². The van der Waals surface area contributed by atoms with E-state index in [-0.39, 0.29) is 0 Å². The number of hydrogen-bond donors (Lipinski definition) is 0. The van der Waals surface area contributed by atoms with Gasteiger partial charge in [-0.05, 0) is 19.4 Å². The fourth-order valence-electron chi connectivity index (χ4n) is 0.814. The largest absolute Gasteiger partial charge is 0.374 e. The summed E-state index contributed by atoms with van der Waals surface area (Å²) in [5, 5.41) is 0. The monoisotopic (exact) mass is 177 g/mol. The molecule has 1 nitrogen and oxygen atoms in total. The molecule has 1 heteroatoms. The van der Waals surface area contributed by atoms with Crippen LogP contribution in [0.2, 0.25) is 0 Å². The lowest BCUT2D eigenvalue weighted by atomic mass is 10.2. The number of likely N-dealkylation sites (N-methyl/N-ethyl adjacent to an activating group) is 1. The molecular weight excluding hydrogens is 158 g/mol. The minimum atomic E-state index is 0.864. The molecule has 0 aromatic rings. The first-order chi connectivity index (χ1) is 6.11. The quantitative estimate of drug-likeness (QED) is 0.583. The van der Waals surface area contributed by atoms with E-state index in [1.54, 1.807) is 0 Å². The van der Waals surface area contributed by atoms with Crippen molar-refractivity contribution in [2.75, 3.05) is 13.6 Å². The fraction of sp³-hybridized carbons (Fsp3) is 0.333. The Kier molecular flexibility index (Phi) is 5.69. The molecule has 0 aromatic heterocycles. The number of hydrogen-bond acceptors (Lipinski definition) is 1. The Balaban J connectivity index is 4.28. The first kappa shape index (κ1) is 11.8. The van der Waals surface area contributed by atoms with Crippen LogP contribution in [0.3, 0.4) is 0 Å². The van der Waals surface area contributed by atoms with Crippen molar-refractivity contribution in [3.63, 3.8) is 0 Å². The normalized spacial score (nSPS) is 11.8. The van der Waals surface area contributed by atoms with Crippen LogP contribution in [0.15, 0.2) is 48.7 Å². The van der Waals surface area contributed by atoms with E-state index < -0.39 is 0 Å². The second-order valence-corrected chi connectivity index (χ2v) is 3.06. The molecule has 0 radical (unpaired) electrons. The molecule has 0 rings (SSSR count). The maximum atomic E-state index is 3.87. The summed E-state index contributed by atoms with van der Waals surface area (Å²) < 4.78 is 0. The SMILES string of the molecule is C=C/C(=C\C=C/C)CN(C)C(=C)C. The topological polar surface area (TPSA) is 3.24 Å². The third kappa shape index (κ3) is 5.07. The minimum absolute atomic E-state index is 0.864. The second-order valence-electron chi connectivity index (χ2n) is 3.06. The lowest BCUT2D eigenvalue weighted by molar-refractivity contribution is 0.460. The molecule has 0 N–H and O–H groups in total. The molecule has 0 unspecified atom stereocenters. The zero-order chi connectivity index (χ0) is 10.3. The maximum Gasteiger partial charge on any atom is 0.0422 e. The van der Waals surface area contributed by atoms with E-state index in [1.165, 1.54) is 5.57 Å². The van der Waals surface area contributed by atoms with E-state index >= 15 is 0 Å². The molecule has 0 aromatic carbocycles. The smallest absolute Gasteiger partial charge is 0.0422 e. The molecule has 0 saturated carbocycles. The average Bonchev–Trinajstić information content (AvgIpc) is 2.11. The Bertz CT molecular complexity index is 234. The van der Waals surface area contributed by atoms with Gasteiger partial charge in [0.15, 0.2) is 0 Å². The lowest BCUT2D eigenvalue weighted by Crippen LogP contribution is -2.17. The van der Waals surface area contributed by atoms with E-state index in [4.69, 9.17) is 0 Å². The molecule has 0 spiro atoms. The van der Waals surface area contributed by atoms with Crippen LogP contribution in [0.1, 0.15) is 13.8 Å². The molecule has 13 heavy (non-hydrogen) atoms. The van der Waals surface area contributed by atoms with Crippen molar-refractivity contribution < 1.29 is 0 Å². The zero-order valence-electron chi connectivity index (χ0n) is 8.88. The van der Waals surface area contributed by atoms with E-state index in [0.29, 0.717) is 0 Å². The van der Waals surface area contributed by atoms with Gasteiger partial charge in [-0.2, -0.15) is 0 Å². The van der Waals surface area contributed by atoms with E-state index in [1.807, 2.05) is 39.1 Å². The summed E-state index contributed by atoms with van der Waals surface area (Å²) in [5.41, 5.74) is 2.26. The summed E-state index contributed by atoms with van der Waals surface area (Å²) in [7, 11) is 2.02. The van der Waals surface area contributed by atoms with E-state index in [9.17, 15) is 0 Å². The van der Waals surface area contributed by atoms with Gasteiger partial charge in [0.05, 0.1) is 0 Å². The molecule has 0 aliphatic carbocycles. The van der Waals surface area contributed by atoms with Gasteiger partial charge in [0, 0.05) is 19.3 Å². The van der Waals surface area contributed by atoms with Crippen LogP contribution in [0.4, 0.5) is 0 Å². The van der Waals surface area contributed by atoms with Gasteiger partial charge in [-0.25, -0.2) is 0 Å². The van der Waals surface area contributed by atoms with Gasteiger partial charge in [-0.15, -0.1) is 0 Å². The number of nitrogens with zero attached hydrogens (tertiary/aromatic N) is 1. The first-order valence-corrected chi connectivity index (χ1v) is 4.42. The maximum absolute atomic E-state index is 3.87. The first-order valence-electron chi connectivity index (χ1n) is 4.42. The van der Waals surface area contributed by atoms with Gasteiger partial charge < -0.3 is 4.90 Å². The van der Waals surface area contributed by atoms with Crippen molar-refractivity contribution in [1.82, 2.24) is 4.90 Å². The third-order valence-electron chi connectivity index (χ3n) is 1.84. The summed E-state index contributed by atoms with van der Waals surface area (Å²) in [6.45, 7) is 12.5. The van der Waals surface area contributed by atoms with Crippen LogP contribution in [-0.4, -0.2) is 18.5 Å². The van der Waals surface area contributed by atoms with Crippen molar-refractivity contribution in [2.24, 2.45) is 0 Å². The van der Waals surface area contributed by atoms with Crippen LogP contribution in [0.25, 0.3) is 0 Å². The van der Waals surface area contributed by atoms with Gasteiger partial charge >= 0.3 is 0 Å². The van der Waals surface area contributed by atoms with Crippen molar-refractivity contribution in [3.8, 4) is 0 Å². The average molecular weight is 177 g/mol. The van der Waals surface area contributed by atoms with Gasteiger partial charge in [0.25, 0.3) is 0 Å². The van der Waals surface area contributed by atoms with E-state index in [0.717, 1.165) is 12.2 Å².